The van der Waals surface area contributed by atoms with E-state index in [0.717, 1.165) is 13.1 Å². The molecule has 1 saturated heterocycles. The Morgan fingerprint density at radius 1 is 1.36 bits per heavy atom. The van der Waals surface area contributed by atoms with Gasteiger partial charge in [0.1, 0.15) is 0 Å². The second-order valence-corrected chi connectivity index (χ2v) is 5.19. The minimum absolute atomic E-state index is 0.208. The lowest BCUT2D eigenvalue weighted by Gasteiger charge is -2.36. The molecule has 0 aromatic heterocycles. The minimum Gasteiger partial charge on any atom is -0.354 e. The van der Waals surface area contributed by atoms with Gasteiger partial charge < -0.3 is 9.80 Å². The van der Waals surface area contributed by atoms with Gasteiger partial charge >= 0.3 is 0 Å². The molecule has 1 unspecified atom stereocenters. The van der Waals surface area contributed by atoms with Crippen LogP contribution < -0.4 is 0 Å². The molecule has 1 atom stereocenters. The Kier molecular flexibility index (Phi) is 3.13. The Morgan fingerprint density at radius 3 is 2.29 bits per heavy atom. The summed E-state index contributed by atoms with van der Waals surface area (Å²) < 4.78 is 0. The fraction of sp³-hybridized carbons (Fsp3) is 0.833. The highest BCUT2D eigenvalue weighted by molar-refractivity contribution is 5.06. The van der Waals surface area contributed by atoms with Crippen LogP contribution in [0.1, 0.15) is 41.0 Å². The maximum atomic E-state index is 4.20. The second-order valence-electron chi connectivity index (χ2n) is 5.19. The van der Waals surface area contributed by atoms with Crippen molar-refractivity contribution in [2.24, 2.45) is 0 Å². The van der Waals surface area contributed by atoms with E-state index in [1.807, 2.05) is 0 Å². The van der Waals surface area contributed by atoms with Crippen LogP contribution in [-0.2, 0) is 0 Å². The third-order valence-corrected chi connectivity index (χ3v) is 3.14. The second kappa shape index (κ2) is 3.84. The lowest BCUT2D eigenvalue weighted by atomic mass is 10.1. The molecule has 1 rings (SSSR count). The van der Waals surface area contributed by atoms with E-state index in [9.17, 15) is 0 Å². The average molecular weight is 196 g/mol. The highest BCUT2D eigenvalue weighted by Crippen LogP contribution is 2.28. The molecule has 0 aliphatic carbocycles. The van der Waals surface area contributed by atoms with Crippen molar-refractivity contribution in [3.63, 3.8) is 0 Å². The van der Waals surface area contributed by atoms with Crippen LogP contribution in [0, 0.1) is 0 Å². The molecule has 1 heterocycles. The van der Waals surface area contributed by atoms with Gasteiger partial charge in [-0.1, -0.05) is 13.5 Å². The van der Waals surface area contributed by atoms with Gasteiger partial charge in [-0.3, -0.25) is 0 Å². The fourth-order valence-electron chi connectivity index (χ4n) is 2.04. The van der Waals surface area contributed by atoms with Gasteiger partial charge in [-0.2, -0.15) is 0 Å². The molecule has 2 heteroatoms. The highest BCUT2D eigenvalue weighted by atomic mass is 15.4. The largest absolute Gasteiger partial charge is 0.354 e. The zero-order chi connectivity index (χ0) is 10.9. The van der Waals surface area contributed by atoms with Crippen molar-refractivity contribution in [1.82, 2.24) is 9.80 Å². The van der Waals surface area contributed by atoms with Crippen molar-refractivity contribution in [3.8, 4) is 0 Å². The van der Waals surface area contributed by atoms with Gasteiger partial charge in [0.25, 0.3) is 0 Å². The summed E-state index contributed by atoms with van der Waals surface area (Å²) in [5.74, 6) is 1.20. The zero-order valence-corrected chi connectivity index (χ0v) is 10.3. The van der Waals surface area contributed by atoms with Crippen molar-refractivity contribution < 1.29 is 0 Å². The number of hydrogen-bond acceptors (Lipinski definition) is 2. The van der Waals surface area contributed by atoms with E-state index in [1.165, 1.54) is 12.2 Å². The van der Waals surface area contributed by atoms with Crippen LogP contribution in [-0.4, -0.2) is 34.5 Å². The van der Waals surface area contributed by atoms with Gasteiger partial charge in [-0.15, -0.1) is 0 Å². The molecule has 1 aliphatic rings. The highest BCUT2D eigenvalue weighted by Gasteiger charge is 2.32. The lowest BCUT2D eigenvalue weighted by molar-refractivity contribution is 0.189. The topological polar surface area (TPSA) is 6.48 Å². The summed E-state index contributed by atoms with van der Waals surface area (Å²) in [5, 5.41) is 0. The van der Waals surface area contributed by atoms with E-state index >= 15 is 0 Å². The van der Waals surface area contributed by atoms with Crippen LogP contribution in [0.3, 0.4) is 0 Å². The van der Waals surface area contributed by atoms with E-state index in [1.54, 1.807) is 0 Å². The lowest BCUT2D eigenvalue weighted by Crippen LogP contribution is -2.39. The molecule has 14 heavy (non-hydrogen) atoms. The Morgan fingerprint density at radius 2 is 1.93 bits per heavy atom. The Bertz CT molecular complexity index is 215. The monoisotopic (exact) mass is 196 g/mol. The Hall–Kier alpha value is -0.660. The van der Waals surface area contributed by atoms with Crippen LogP contribution in [0.25, 0.3) is 0 Å². The average Bonchev–Trinajstić information content (AvgIpc) is 2.45. The van der Waals surface area contributed by atoms with Crippen molar-refractivity contribution >= 4 is 0 Å². The quantitative estimate of drug-likeness (QED) is 0.670. The molecule has 0 saturated carbocycles. The smallest absolute Gasteiger partial charge is 0.0973 e. The van der Waals surface area contributed by atoms with Gasteiger partial charge in [0.05, 0.1) is 5.82 Å². The first kappa shape index (κ1) is 11.4. The van der Waals surface area contributed by atoms with Gasteiger partial charge in [0, 0.05) is 24.7 Å². The molecule has 0 N–H and O–H groups in total. The molecule has 1 aliphatic heterocycles. The van der Waals surface area contributed by atoms with Crippen LogP contribution in [0.2, 0.25) is 0 Å². The predicted molar refractivity (Wildman–Crippen MR) is 62.1 cm³/mol. The molecule has 0 aromatic carbocycles. The predicted octanol–water partition coefficient (Wildman–Crippen LogP) is 2.67. The maximum Gasteiger partial charge on any atom is 0.0973 e. The van der Waals surface area contributed by atoms with Crippen molar-refractivity contribution in [2.45, 2.75) is 52.6 Å². The molecule has 0 amide bonds. The SMILES string of the molecule is C=C1N(C(C)CC)CCN1C(C)(C)C. The number of nitrogens with zero attached hydrogens (tertiary/aromatic N) is 2. The molecule has 0 bridgehead atoms. The van der Waals surface area contributed by atoms with Gasteiger partial charge in [0.2, 0.25) is 0 Å². The normalized spacial score (nSPS) is 20.5. The molecule has 0 spiro atoms. The van der Waals surface area contributed by atoms with E-state index in [-0.39, 0.29) is 5.54 Å². The van der Waals surface area contributed by atoms with Gasteiger partial charge in [-0.05, 0) is 34.1 Å². The molecule has 0 aromatic rings. The van der Waals surface area contributed by atoms with Crippen molar-refractivity contribution in [3.05, 3.63) is 12.4 Å². The first-order chi connectivity index (χ1) is 6.38. The minimum atomic E-state index is 0.208. The number of hydrogen-bond donors (Lipinski definition) is 0. The van der Waals surface area contributed by atoms with E-state index < -0.39 is 0 Å². The van der Waals surface area contributed by atoms with Crippen molar-refractivity contribution in [2.75, 3.05) is 13.1 Å². The molecule has 0 radical (unpaired) electrons. The molecule has 82 valence electrons. The molecular formula is C12H24N2. The summed E-state index contributed by atoms with van der Waals surface area (Å²) in [6.07, 6.45) is 1.19. The number of rotatable bonds is 2. The van der Waals surface area contributed by atoms with Crippen LogP contribution in [0.15, 0.2) is 12.4 Å². The van der Waals surface area contributed by atoms with Gasteiger partial charge in [-0.25, -0.2) is 0 Å². The third kappa shape index (κ3) is 2.05. The van der Waals surface area contributed by atoms with Gasteiger partial charge in [0.15, 0.2) is 0 Å². The van der Waals surface area contributed by atoms with E-state index in [4.69, 9.17) is 0 Å². The summed E-state index contributed by atoms with van der Waals surface area (Å²) in [6.45, 7) is 17.7. The Labute approximate surface area is 88.6 Å². The van der Waals surface area contributed by atoms with Crippen LogP contribution >= 0.6 is 0 Å². The molecule has 1 fully saturated rings. The fourth-order valence-corrected chi connectivity index (χ4v) is 2.04. The summed E-state index contributed by atoms with van der Waals surface area (Å²) in [6, 6.07) is 0.620. The first-order valence-corrected chi connectivity index (χ1v) is 5.61. The van der Waals surface area contributed by atoms with E-state index in [2.05, 4.69) is 51.0 Å². The maximum absolute atomic E-state index is 4.20. The summed E-state index contributed by atoms with van der Waals surface area (Å²) >= 11 is 0. The molecule has 2 nitrogen and oxygen atoms in total. The summed E-state index contributed by atoms with van der Waals surface area (Å²) in [4.78, 5) is 4.82. The van der Waals surface area contributed by atoms with Crippen molar-refractivity contribution in [1.29, 1.82) is 0 Å². The standard InChI is InChI=1S/C12H24N2/c1-7-10(2)13-8-9-14(11(13)3)12(4,5)6/h10H,3,7-9H2,1-2,4-6H3. The van der Waals surface area contributed by atoms with E-state index in [0.29, 0.717) is 6.04 Å². The zero-order valence-electron chi connectivity index (χ0n) is 10.3. The summed E-state index contributed by atoms with van der Waals surface area (Å²) in [7, 11) is 0. The first-order valence-electron chi connectivity index (χ1n) is 5.61. The summed E-state index contributed by atoms with van der Waals surface area (Å²) in [5.41, 5.74) is 0.208. The third-order valence-electron chi connectivity index (χ3n) is 3.14. The Balaban J connectivity index is 2.69. The van der Waals surface area contributed by atoms with Crippen LogP contribution in [0.4, 0.5) is 0 Å². The van der Waals surface area contributed by atoms with Crippen LogP contribution in [0.5, 0.6) is 0 Å². The molecular weight excluding hydrogens is 172 g/mol.